The van der Waals surface area contributed by atoms with Crippen LogP contribution in [-0.2, 0) is 12.8 Å². The predicted octanol–water partition coefficient (Wildman–Crippen LogP) is 2.60. The Morgan fingerprint density at radius 3 is 2.78 bits per heavy atom. The molecule has 0 spiro atoms. The minimum absolute atomic E-state index is 0.127. The lowest BCUT2D eigenvalue weighted by atomic mass is 9.72. The zero-order valence-electron chi connectivity index (χ0n) is 10.2. The van der Waals surface area contributed by atoms with Crippen molar-refractivity contribution >= 4 is 0 Å². The number of hydrogen-bond donors (Lipinski definition) is 2. The standard InChI is InChI=1S/C16H17NO/c17-16(9-11-4-3-6-13(18)8-11)15-10-12-5-1-2-7-14(12)15/h1-8,15-16,18H,9-10,17H2. The van der Waals surface area contributed by atoms with Gasteiger partial charge in [-0.2, -0.15) is 0 Å². The SMILES string of the molecule is NC(Cc1cccc(O)c1)C1Cc2ccccc21. The first kappa shape index (κ1) is 11.3. The number of aromatic hydroxyl groups is 1. The molecule has 0 aromatic heterocycles. The summed E-state index contributed by atoms with van der Waals surface area (Å²) in [5.41, 5.74) is 10.2. The third-order valence-corrected chi connectivity index (χ3v) is 3.79. The Morgan fingerprint density at radius 2 is 2.00 bits per heavy atom. The molecule has 0 bridgehead atoms. The number of hydrogen-bond acceptors (Lipinski definition) is 2. The Kier molecular flexibility index (Phi) is 2.80. The van der Waals surface area contributed by atoms with Crippen molar-refractivity contribution in [3.8, 4) is 5.75 Å². The molecule has 0 aliphatic heterocycles. The maximum Gasteiger partial charge on any atom is 0.115 e. The first-order valence-corrected chi connectivity index (χ1v) is 6.35. The summed E-state index contributed by atoms with van der Waals surface area (Å²) in [7, 11) is 0. The van der Waals surface area contributed by atoms with Crippen molar-refractivity contribution in [1.82, 2.24) is 0 Å². The van der Waals surface area contributed by atoms with E-state index in [4.69, 9.17) is 5.73 Å². The van der Waals surface area contributed by atoms with E-state index in [0.717, 1.165) is 18.4 Å². The topological polar surface area (TPSA) is 46.2 Å². The van der Waals surface area contributed by atoms with Gasteiger partial charge in [0.25, 0.3) is 0 Å². The molecule has 0 fully saturated rings. The fraction of sp³-hybridized carbons (Fsp3) is 0.250. The van der Waals surface area contributed by atoms with Crippen molar-refractivity contribution in [3.05, 3.63) is 65.2 Å². The van der Waals surface area contributed by atoms with Gasteiger partial charge in [0.1, 0.15) is 5.75 Å². The maximum atomic E-state index is 9.45. The molecular formula is C16H17NO. The van der Waals surface area contributed by atoms with Crippen LogP contribution in [0.5, 0.6) is 5.75 Å². The largest absolute Gasteiger partial charge is 0.508 e. The highest BCUT2D eigenvalue weighted by molar-refractivity contribution is 5.41. The first-order valence-electron chi connectivity index (χ1n) is 6.35. The molecule has 3 rings (SSSR count). The highest BCUT2D eigenvalue weighted by Crippen LogP contribution is 2.37. The molecule has 2 atom stereocenters. The van der Waals surface area contributed by atoms with Crippen LogP contribution in [-0.4, -0.2) is 11.1 Å². The van der Waals surface area contributed by atoms with Crippen molar-refractivity contribution in [1.29, 1.82) is 0 Å². The fourth-order valence-corrected chi connectivity index (χ4v) is 2.78. The van der Waals surface area contributed by atoms with Gasteiger partial charge in [-0.3, -0.25) is 0 Å². The summed E-state index contributed by atoms with van der Waals surface area (Å²) in [4.78, 5) is 0. The lowest BCUT2D eigenvalue weighted by molar-refractivity contribution is 0.467. The van der Waals surface area contributed by atoms with Gasteiger partial charge in [0, 0.05) is 12.0 Å². The second-order valence-electron chi connectivity index (χ2n) is 5.05. The van der Waals surface area contributed by atoms with Gasteiger partial charge in [0.05, 0.1) is 0 Å². The van der Waals surface area contributed by atoms with Crippen LogP contribution in [0.4, 0.5) is 0 Å². The van der Waals surface area contributed by atoms with E-state index in [1.54, 1.807) is 12.1 Å². The Hall–Kier alpha value is -1.80. The van der Waals surface area contributed by atoms with E-state index < -0.39 is 0 Å². The van der Waals surface area contributed by atoms with E-state index >= 15 is 0 Å². The van der Waals surface area contributed by atoms with E-state index in [1.165, 1.54) is 11.1 Å². The van der Waals surface area contributed by atoms with E-state index in [2.05, 4.69) is 24.3 Å². The lowest BCUT2D eigenvalue weighted by Gasteiger charge is -2.34. The monoisotopic (exact) mass is 239 g/mol. The zero-order valence-corrected chi connectivity index (χ0v) is 10.2. The lowest BCUT2D eigenvalue weighted by Crippen LogP contribution is -2.37. The molecule has 1 aliphatic rings. The average Bonchev–Trinajstić information content (AvgIpc) is 2.30. The van der Waals surface area contributed by atoms with Crippen LogP contribution in [0.2, 0.25) is 0 Å². The Bertz CT molecular complexity index is 565. The summed E-state index contributed by atoms with van der Waals surface area (Å²) in [6, 6.07) is 16.0. The molecule has 2 heteroatoms. The normalized spacial score (nSPS) is 18.8. The third kappa shape index (κ3) is 2.00. The average molecular weight is 239 g/mol. The summed E-state index contributed by atoms with van der Waals surface area (Å²) in [6.07, 6.45) is 1.89. The quantitative estimate of drug-likeness (QED) is 0.864. The maximum absolute atomic E-state index is 9.45. The second kappa shape index (κ2) is 4.46. The summed E-state index contributed by atoms with van der Waals surface area (Å²) in [5.74, 6) is 0.775. The van der Waals surface area contributed by atoms with Crippen molar-refractivity contribution in [2.24, 2.45) is 5.73 Å². The molecule has 0 amide bonds. The van der Waals surface area contributed by atoms with Crippen LogP contribution in [0.25, 0.3) is 0 Å². The molecule has 0 saturated heterocycles. The van der Waals surface area contributed by atoms with Crippen molar-refractivity contribution in [3.63, 3.8) is 0 Å². The molecule has 18 heavy (non-hydrogen) atoms. The number of rotatable bonds is 3. The smallest absolute Gasteiger partial charge is 0.115 e. The van der Waals surface area contributed by atoms with Gasteiger partial charge in [-0.05, 0) is 41.7 Å². The Balaban J connectivity index is 1.72. The van der Waals surface area contributed by atoms with Crippen LogP contribution in [0, 0.1) is 0 Å². The molecule has 2 unspecified atom stereocenters. The fourth-order valence-electron chi connectivity index (χ4n) is 2.78. The highest BCUT2D eigenvalue weighted by Gasteiger charge is 2.30. The highest BCUT2D eigenvalue weighted by atomic mass is 16.3. The molecule has 2 nitrogen and oxygen atoms in total. The van der Waals surface area contributed by atoms with Gasteiger partial charge < -0.3 is 10.8 Å². The van der Waals surface area contributed by atoms with Gasteiger partial charge >= 0.3 is 0 Å². The van der Waals surface area contributed by atoms with E-state index in [9.17, 15) is 5.11 Å². The number of fused-ring (bicyclic) bond motifs is 1. The molecule has 1 aliphatic carbocycles. The zero-order chi connectivity index (χ0) is 12.5. The van der Waals surface area contributed by atoms with Crippen LogP contribution in [0.3, 0.4) is 0 Å². The number of benzene rings is 2. The van der Waals surface area contributed by atoms with Crippen LogP contribution < -0.4 is 5.73 Å². The van der Waals surface area contributed by atoms with Crippen molar-refractivity contribution in [2.75, 3.05) is 0 Å². The molecular weight excluding hydrogens is 222 g/mol. The molecule has 0 radical (unpaired) electrons. The third-order valence-electron chi connectivity index (χ3n) is 3.79. The van der Waals surface area contributed by atoms with Gasteiger partial charge in [-0.15, -0.1) is 0 Å². The minimum atomic E-state index is 0.127. The second-order valence-corrected chi connectivity index (χ2v) is 5.05. The van der Waals surface area contributed by atoms with Crippen molar-refractivity contribution in [2.45, 2.75) is 24.8 Å². The van der Waals surface area contributed by atoms with E-state index in [1.807, 2.05) is 12.1 Å². The predicted molar refractivity (Wildman–Crippen MR) is 72.7 cm³/mol. The number of phenolic OH excluding ortho intramolecular Hbond substituents is 1. The molecule has 3 N–H and O–H groups in total. The minimum Gasteiger partial charge on any atom is -0.508 e. The molecule has 2 aromatic rings. The van der Waals surface area contributed by atoms with E-state index in [0.29, 0.717) is 11.7 Å². The molecule has 2 aromatic carbocycles. The van der Waals surface area contributed by atoms with Crippen LogP contribution in [0.1, 0.15) is 22.6 Å². The molecule has 92 valence electrons. The summed E-state index contributed by atoms with van der Waals surface area (Å²) < 4.78 is 0. The van der Waals surface area contributed by atoms with Crippen LogP contribution >= 0.6 is 0 Å². The van der Waals surface area contributed by atoms with Gasteiger partial charge in [0.2, 0.25) is 0 Å². The van der Waals surface area contributed by atoms with Crippen LogP contribution in [0.15, 0.2) is 48.5 Å². The summed E-state index contributed by atoms with van der Waals surface area (Å²) in [6.45, 7) is 0. The van der Waals surface area contributed by atoms with Gasteiger partial charge in [0.15, 0.2) is 0 Å². The summed E-state index contributed by atoms with van der Waals surface area (Å²) in [5, 5.41) is 9.45. The number of phenols is 1. The Morgan fingerprint density at radius 1 is 1.17 bits per heavy atom. The molecule has 0 saturated carbocycles. The van der Waals surface area contributed by atoms with Gasteiger partial charge in [-0.1, -0.05) is 36.4 Å². The number of nitrogens with two attached hydrogens (primary N) is 1. The van der Waals surface area contributed by atoms with Gasteiger partial charge in [-0.25, -0.2) is 0 Å². The summed E-state index contributed by atoms with van der Waals surface area (Å²) >= 11 is 0. The van der Waals surface area contributed by atoms with E-state index in [-0.39, 0.29) is 6.04 Å². The Labute approximate surface area is 107 Å². The van der Waals surface area contributed by atoms with Crippen molar-refractivity contribution < 1.29 is 5.11 Å². The molecule has 0 heterocycles. The first-order chi connectivity index (χ1) is 8.74.